The zero-order valence-electron chi connectivity index (χ0n) is 24.5. The largest absolute Gasteiger partial charge is 0.461 e. The lowest BCUT2D eigenvalue weighted by atomic mass is 9.98. The van der Waals surface area contributed by atoms with Crippen LogP contribution in [-0.4, -0.2) is 15.7 Å². The van der Waals surface area contributed by atoms with E-state index < -0.39 is 4.93 Å². The van der Waals surface area contributed by atoms with Crippen LogP contribution in [0.15, 0.2) is 72.8 Å². The number of allylic oxidation sites excluding steroid dienone is 2. The number of ether oxygens (including phenoxy) is 1. The molecule has 2 aromatic carbocycles. The molecule has 39 heavy (non-hydrogen) atoms. The molecule has 0 saturated carbocycles. The van der Waals surface area contributed by atoms with E-state index in [1.54, 1.807) is 0 Å². The Morgan fingerprint density at radius 2 is 1.38 bits per heavy atom. The smallest absolute Gasteiger partial charge is 0.193 e. The first-order chi connectivity index (χ1) is 19.2. The minimum absolute atomic E-state index is 0.436. The summed E-state index contributed by atoms with van der Waals surface area (Å²) in [5, 5.41) is 0.604. The quantitative estimate of drug-likeness (QED) is 0.0957. The zero-order chi connectivity index (χ0) is 27.6. The highest BCUT2D eigenvalue weighted by Gasteiger charge is 2.32. The van der Waals surface area contributed by atoms with Crippen molar-refractivity contribution >= 4 is 34.6 Å². The van der Waals surface area contributed by atoms with E-state index in [4.69, 9.17) is 17.0 Å². The topological polar surface area (TPSA) is 9.23 Å². The highest BCUT2D eigenvalue weighted by Crippen LogP contribution is 2.39. The van der Waals surface area contributed by atoms with Crippen LogP contribution in [0.25, 0.3) is 5.57 Å². The van der Waals surface area contributed by atoms with Crippen molar-refractivity contribution in [1.29, 1.82) is 0 Å². The minimum Gasteiger partial charge on any atom is -0.461 e. The predicted octanol–water partition coefficient (Wildman–Crippen LogP) is 11.5. The summed E-state index contributed by atoms with van der Waals surface area (Å²) < 4.78 is 6.64. The maximum atomic E-state index is 6.64. The van der Waals surface area contributed by atoms with Crippen molar-refractivity contribution in [3.63, 3.8) is 0 Å². The second kappa shape index (κ2) is 18.5. The number of rotatable bonds is 19. The SMILES string of the molecule is CCCCCCCCCCCCSC1(OC(=S)c2ccc(CCCCC)cc2)C=CC(c2ccccc2)=CC1. The second-order valence-corrected chi connectivity index (χ2v) is 12.7. The van der Waals surface area contributed by atoms with E-state index >= 15 is 0 Å². The third kappa shape index (κ3) is 11.7. The van der Waals surface area contributed by atoms with E-state index in [0.717, 1.165) is 24.2 Å². The fourth-order valence-electron chi connectivity index (χ4n) is 5.10. The van der Waals surface area contributed by atoms with Crippen LogP contribution in [0.4, 0.5) is 0 Å². The summed E-state index contributed by atoms with van der Waals surface area (Å²) in [6.45, 7) is 4.54. The predicted molar refractivity (Wildman–Crippen MR) is 178 cm³/mol. The minimum atomic E-state index is -0.436. The van der Waals surface area contributed by atoms with Crippen LogP contribution < -0.4 is 0 Å². The van der Waals surface area contributed by atoms with Gasteiger partial charge in [0.1, 0.15) is 0 Å². The molecule has 2 aromatic rings. The van der Waals surface area contributed by atoms with Gasteiger partial charge in [-0.05, 0) is 60.0 Å². The van der Waals surface area contributed by atoms with E-state index in [9.17, 15) is 0 Å². The Hall–Kier alpha value is -1.84. The number of aryl methyl sites for hydroxylation is 1. The van der Waals surface area contributed by atoms with Gasteiger partial charge in [-0.3, -0.25) is 0 Å². The maximum Gasteiger partial charge on any atom is 0.193 e. The lowest BCUT2D eigenvalue weighted by molar-refractivity contribution is 0.211. The Morgan fingerprint density at radius 1 is 0.769 bits per heavy atom. The fraction of sp³-hybridized carbons (Fsp3) is 0.528. The molecular weight excluding hydrogens is 513 g/mol. The van der Waals surface area contributed by atoms with E-state index in [0.29, 0.717) is 5.05 Å². The van der Waals surface area contributed by atoms with Gasteiger partial charge in [0.2, 0.25) is 0 Å². The summed E-state index contributed by atoms with van der Waals surface area (Å²) in [4.78, 5) is -0.436. The third-order valence-electron chi connectivity index (χ3n) is 7.60. The number of hydrogen-bond donors (Lipinski definition) is 0. The molecule has 3 heteroatoms. The first-order valence-electron chi connectivity index (χ1n) is 15.6. The van der Waals surface area contributed by atoms with Gasteiger partial charge in [0.05, 0.1) is 0 Å². The Balaban J connectivity index is 1.53. The molecule has 3 rings (SSSR count). The van der Waals surface area contributed by atoms with Gasteiger partial charge in [-0.25, -0.2) is 0 Å². The van der Waals surface area contributed by atoms with Gasteiger partial charge in [0.25, 0.3) is 0 Å². The van der Waals surface area contributed by atoms with Gasteiger partial charge in [-0.1, -0.05) is 151 Å². The fourth-order valence-corrected chi connectivity index (χ4v) is 6.64. The first-order valence-corrected chi connectivity index (χ1v) is 17.0. The molecule has 1 aliphatic carbocycles. The van der Waals surface area contributed by atoms with E-state index in [-0.39, 0.29) is 0 Å². The van der Waals surface area contributed by atoms with Crippen molar-refractivity contribution in [2.45, 2.75) is 115 Å². The Labute approximate surface area is 248 Å². The van der Waals surface area contributed by atoms with E-state index in [2.05, 4.69) is 86.7 Å². The van der Waals surface area contributed by atoms with Crippen LogP contribution in [-0.2, 0) is 11.2 Å². The standard InChI is InChI=1S/C36H50OS2/c1-3-5-7-8-9-10-11-12-13-18-30-39-36(28-26-33(27-29-36)32-20-16-14-17-21-32)37-35(38)34-24-22-31(23-25-34)19-15-6-4-2/h14,16-17,20-28H,3-13,15,18-19,29-30H2,1-2H3. The van der Waals surface area contributed by atoms with Crippen LogP contribution in [0.1, 0.15) is 120 Å². The van der Waals surface area contributed by atoms with Crippen molar-refractivity contribution in [1.82, 2.24) is 0 Å². The summed E-state index contributed by atoms with van der Waals surface area (Å²) in [6, 6.07) is 19.3. The molecule has 0 bridgehead atoms. The molecule has 0 aromatic heterocycles. The molecule has 0 aliphatic heterocycles. The summed E-state index contributed by atoms with van der Waals surface area (Å²) in [7, 11) is 0. The molecule has 0 spiro atoms. The highest BCUT2D eigenvalue weighted by atomic mass is 32.2. The second-order valence-electron chi connectivity index (χ2n) is 10.9. The van der Waals surface area contributed by atoms with Crippen LogP contribution in [0.2, 0.25) is 0 Å². The van der Waals surface area contributed by atoms with Gasteiger partial charge in [0.15, 0.2) is 9.98 Å². The third-order valence-corrected chi connectivity index (χ3v) is 9.29. The van der Waals surface area contributed by atoms with E-state index in [1.807, 2.05) is 11.8 Å². The summed E-state index contributed by atoms with van der Waals surface area (Å²) in [6.07, 6.45) is 26.1. The molecule has 0 heterocycles. The molecular formula is C36H50OS2. The molecule has 1 nitrogen and oxygen atoms in total. The lowest BCUT2D eigenvalue weighted by Gasteiger charge is -2.33. The number of thiocarbonyl (C=S) groups is 1. The molecule has 212 valence electrons. The van der Waals surface area contributed by atoms with Crippen molar-refractivity contribution in [2.75, 3.05) is 5.75 Å². The highest BCUT2D eigenvalue weighted by molar-refractivity contribution is 8.00. The van der Waals surface area contributed by atoms with Crippen LogP contribution >= 0.6 is 24.0 Å². The molecule has 1 atom stereocenters. The molecule has 0 radical (unpaired) electrons. The molecule has 1 aliphatic rings. The molecule has 0 N–H and O–H groups in total. The van der Waals surface area contributed by atoms with Crippen molar-refractivity contribution in [2.24, 2.45) is 0 Å². The zero-order valence-corrected chi connectivity index (χ0v) is 26.1. The Kier molecular flexibility index (Phi) is 15.0. The summed E-state index contributed by atoms with van der Waals surface area (Å²) in [5.74, 6) is 1.09. The van der Waals surface area contributed by atoms with Gasteiger partial charge in [-0.15, -0.1) is 11.8 Å². The van der Waals surface area contributed by atoms with Crippen molar-refractivity contribution in [3.8, 4) is 0 Å². The van der Waals surface area contributed by atoms with Crippen LogP contribution in [0, 0.1) is 0 Å². The van der Waals surface area contributed by atoms with Crippen molar-refractivity contribution in [3.05, 3.63) is 89.5 Å². The molecule has 0 saturated heterocycles. The monoisotopic (exact) mass is 562 g/mol. The van der Waals surface area contributed by atoms with Crippen molar-refractivity contribution < 1.29 is 4.74 Å². The van der Waals surface area contributed by atoms with Crippen LogP contribution in [0.3, 0.4) is 0 Å². The van der Waals surface area contributed by atoms with Gasteiger partial charge >= 0.3 is 0 Å². The van der Waals surface area contributed by atoms with Gasteiger partial charge < -0.3 is 4.74 Å². The lowest BCUT2D eigenvalue weighted by Crippen LogP contribution is -2.30. The van der Waals surface area contributed by atoms with Gasteiger partial charge in [0, 0.05) is 12.0 Å². The Bertz CT molecular complexity index is 1010. The maximum absolute atomic E-state index is 6.64. The molecule has 1 unspecified atom stereocenters. The average molecular weight is 563 g/mol. The normalized spacial score (nSPS) is 16.7. The number of unbranched alkanes of at least 4 members (excludes halogenated alkanes) is 11. The molecule has 0 fully saturated rings. The Morgan fingerprint density at radius 3 is 2.00 bits per heavy atom. The summed E-state index contributed by atoms with van der Waals surface area (Å²) >= 11 is 7.76. The number of benzene rings is 2. The number of hydrogen-bond acceptors (Lipinski definition) is 3. The summed E-state index contributed by atoms with van der Waals surface area (Å²) in [5.41, 5.74) is 4.91. The first kappa shape index (κ1) is 31.7. The van der Waals surface area contributed by atoms with Crippen LogP contribution in [0.5, 0.6) is 0 Å². The van der Waals surface area contributed by atoms with E-state index in [1.165, 1.54) is 100 Å². The van der Waals surface area contributed by atoms with Gasteiger partial charge in [-0.2, -0.15) is 0 Å². The molecule has 0 amide bonds. The average Bonchev–Trinajstić information content (AvgIpc) is 2.97. The number of thioether (sulfide) groups is 1.